The Balaban J connectivity index is 0.000000137. The van der Waals surface area contributed by atoms with Crippen molar-refractivity contribution in [3.05, 3.63) is 480 Å². The monoisotopic (exact) mass is 1790 g/mol. The highest BCUT2D eigenvalue weighted by molar-refractivity contribution is 5.80. The molecule has 6 aromatic heterocycles. The molecule has 0 atom stereocenters. The molecule has 0 unspecified atom stereocenters. The lowest BCUT2D eigenvalue weighted by Crippen LogP contribution is -2.08. The van der Waals surface area contributed by atoms with Crippen LogP contribution >= 0.6 is 0 Å². The SMILES string of the molecule is C=C(O)c1c(-c2ccccc2)ncn1Cc1cccc(O)c1.C=C(O)c1c(Cc2ccccc2)ncn1Cc1cccc(O)c1.CC(=O)Cc1c(-c2ccccc2)ncn1Cc1cccc(O)c1.CCCc1c(-c2ccccc2)ncn1Cc1cccc(O)c1.CCCc1c(Cc2ccccc2)ncn1Cc1cccc(O)c1.CCc1c(Cc2ccccc2)ncn1Cc1cccc(O)c1. The minimum atomic E-state index is -0.0310. The number of hydrogen-bond acceptors (Lipinski definition) is 15. The smallest absolute Gasteiger partial charge is 0.135 e. The number of aliphatic hydroxyl groups excluding tert-OH is 2. The molecule has 18 rings (SSSR count). The molecule has 0 saturated carbocycles. The van der Waals surface area contributed by atoms with Gasteiger partial charge in [-0.15, -0.1) is 0 Å². The molecule has 0 radical (unpaired) electrons. The van der Waals surface area contributed by atoms with Gasteiger partial charge in [0.2, 0.25) is 0 Å². The highest BCUT2D eigenvalue weighted by atomic mass is 16.3. The maximum absolute atomic E-state index is 11.7. The Labute approximate surface area is 788 Å². The number of hydrogen-bond donors (Lipinski definition) is 8. The fourth-order valence-electron chi connectivity index (χ4n) is 16.2. The van der Waals surface area contributed by atoms with Crippen LogP contribution in [0.2, 0.25) is 0 Å². The van der Waals surface area contributed by atoms with Crippen LogP contribution in [0.25, 0.3) is 45.3 Å². The van der Waals surface area contributed by atoms with Crippen LogP contribution in [0.1, 0.15) is 142 Å². The van der Waals surface area contributed by atoms with Gasteiger partial charge in [-0.3, -0.25) is 4.79 Å². The molecular formula is C114H114N12O9. The minimum Gasteiger partial charge on any atom is -0.508 e. The number of Topliss-reactive ketones (excluding diaryl/α,β-unsaturated/α-hetero) is 1. The molecule has 0 amide bonds. The zero-order valence-corrected chi connectivity index (χ0v) is 76.5. The zero-order valence-electron chi connectivity index (χ0n) is 76.5. The van der Waals surface area contributed by atoms with E-state index in [1.165, 1.54) is 28.2 Å². The first-order chi connectivity index (χ1) is 65.7. The van der Waals surface area contributed by atoms with Gasteiger partial charge in [-0.25, -0.2) is 29.9 Å². The highest BCUT2D eigenvalue weighted by Crippen LogP contribution is 2.32. The largest absolute Gasteiger partial charge is 0.508 e. The third-order valence-corrected chi connectivity index (χ3v) is 22.3. The van der Waals surface area contributed by atoms with Gasteiger partial charge < -0.3 is 68.3 Å². The van der Waals surface area contributed by atoms with E-state index in [0.29, 0.717) is 66.8 Å². The van der Waals surface area contributed by atoms with E-state index in [1.54, 1.807) is 105 Å². The third kappa shape index (κ3) is 27.8. The van der Waals surface area contributed by atoms with E-state index in [9.17, 15) is 45.6 Å². The van der Waals surface area contributed by atoms with Gasteiger partial charge in [0.05, 0.1) is 77.8 Å². The molecule has 0 bridgehead atoms. The number of benzene rings is 12. The maximum atomic E-state index is 11.7. The van der Waals surface area contributed by atoms with Crippen molar-refractivity contribution in [1.82, 2.24) is 57.3 Å². The fraction of sp³-hybridized carbons (Fsp3) is 0.167. The second-order valence-corrected chi connectivity index (χ2v) is 32.8. The number of ketones is 1. The Morgan fingerprint density at radius 3 is 0.867 bits per heavy atom. The molecule has 0 spiro atoms. The zero-order chi connectivity index (χ0) is 94.8. The molecule has 0 saturated heterocycles. The van der Waals surface area contributed by atoms with E-state index in [-0.39, 0.29) is 34.6 Å². The molecule has 21 heteroatoms. The molecule has 135 heavy (non-hydrogen) atoms. The van der Waals surface area contributed by atoms with E-state index in [2.05, 4.69) is 138 Å². The van der Waals surface area contributed by atoms with Crippen LogP contribution in [0.5, 0.6) is 34.5 Å². The molecule has 12 aromatic carbocycles. The molecule has 21 nitrogen and oxygen atoms in total. The number of rotatable bonds is 30. The summed E-state index contributed by atoms with van der Waals surface area (Å²) in [6, 6.07) is 104. The van der Waals surface area contributed by atoms with Gasteiger partial charge in [0.1, 0.15) is 63.2 Å². The third-order valence-electron chi connectivity index (χ3n) is 22.3. The number of carbonyl (C=O) groups excluding carboxylic acids is 1. The molecule has 18 aromatic rings. The number of phenols is 6. The summed E-state index contributed by atoms with van der Waals surface area (Å²) in [7, 11) is 0. The standard InChI is InChI=1S/C20H22N2O.2C19H18N2O2.2C19H20N2O.C18H16N2O2/c1-2-7-20-19(13-16-8-4-3-5-9-16)21-15-22(20)14-17-10-6-11-18(23)12-17;1-14(22)10-18-19(16-7-3-2-4-8-16)20-13-21(18)12-15-6-5-9-17(23)11-15;1-14(22)19-18(11-15-6-3-2-4-7-15)20-13-21(19)12-16-8-5-9-17(23)10-16;1-2-19-18(12-15-7-4-3-5-8-15)20-14-21(19)13-16-9-6-10-17(22)11-16;1-2-7-18-19(16-9-4-3-5-10-16)20-14-21(18)13-15-8-6-11-17(22)12-15;1-13(21)18-17(15-7-3-2-4-8-15)19-12-20(18)11-14-6-5-9-16(22)10-14/h3-6,8-12,15,23H,2,7,13-14H2,1H3;2-9,11,13,23H,10,12H2,1H3;2-10,13,22-23H,1,11-12H2;3-11,14,22H,2,12-13H2,1H3;3-6,8-12,14,22H,2,7,13H2,1H3;2-10,12,21-22H,1,11H2. The minimum absolute atomic E-state index is 0.00594. The summed E-state index contributed by atoms with van der Waals surface area (Å²) in [4.78, 5) is 38.9. The fourth-order valence-corrected chi connectivity index (χ4v) is 16.2. The second-order valence-electron chi connectivity index (χ2n) is 32.8. The van der Waals surface area contributed by atoms with Crippen LogP contribution in [0, 0.1) is 0 Å². The number of aliphatic hydroxyl groups is 2. The van der Waals surface area contributed by atoms with E-state index in [4.69, 9.17) is 0 Å². The summed E-state index contributed by atoms with van der Waals surface area (Å²) < 4.78 is 12.2. The average molecular weight is 1800 g/mol. The number of aromatic hydroxyl groups is 6. The first-order valence-electron chi connectivity index (χ1n) is 45.2. The van der Waals surface area contributed by atoms with Crippen molar-refractivity contribution < 1.29 is 45.6 Å². The van der Waals surface area contributed by atoms with Crippen LogP contribution in [-0.2, 0) is 89.0 Å². The maximum Gasteiger partial charge on any atom is 0.135 e. The number of phenolic OH excluding ortho intramolecular Hbond substituents is 6. The van der Waals surface area contributed by atoms with Gasteiger partial charge in [-0.05, 0) is 149 Å². The van der Waals surface area contributed by atoms with Crippen LogP contribution in [0.4, 0.5) is 0 Å². The van der Waals surface area contributed by atoms with E-state index in [0.717, 1.165) is 154 Å². The first-order valence-corrected chi connectivity index (χ1v) is 45.2. The van der Waals surface area contributed by atoms with Crippen molar-refractivity contribution in [1.29, 1.82) is 0 Å². The van der Waals surface area contributed by atoms with E-state index in [1.807, 2.05) is 221 Å². The van der Waals surface area contributed by atoms with E-state index >= 15 is 0 Å². The lowest BCUT2D eigenvalue weighted by atomic mass is 10.1. The Morgan fingerprint density at radius 2 is 0.526 bits per heavy atom. The predicted molar refractivity (Wildman–Crippen MR) is 536 cm³/mol. The van der Waals surface area contributed by atoms with Crippen molar-refractivity contribution in [2.75, 3.05) is 0 Å². The van der Waals surface area contributed by atoms with Crippen molar-refractivity contribution >= 4 is 17.3 Å². The summed E-state index contributed by atoms with van der Waals surface area (Å²) in [5.74, 6) is 1.65. The van der Waals surface area contributed by atoms with Crippen molar-refractivity contribution in [3.8, 4) is 68.3 Å². The van der Waals surface area contributed by atoms with Crippen molar-refractivity contribution in [2.24, 2.45) is 0 Å². The number of nitrogens with zero attached hydrogens (tertiary/aromatic N) is 12. The van der Waals surface area contributed by atoms with Gasteiger partial charge in [0, 0.05) is 98.7 Å². The second kappa shape index (κ2) is 48.4. The molecule has 0 aliphatic rings. The molecule has 684 valence electrons. The molecule has 0 aliphatic heterocycles. The van der Waals surface area contributed by atoms with Gasteiger partial charge in [-0.1, -0.05) is 302 Å². The number of aromatic nitrogens is 12. The topological polar surface area (TPSA) is 286 Å². The highest BCUT2D eigenvalue weighted by Gasteiger charge is 2.21. The number of imidazole rings is 6. The summed E-state index contributed by atoms with van der Waals surface area (Å²) in [6.45, 7) is 19.2. The Kier molecular flexibility index (Phi) is 34.4. The van der Waals surface area contributed by atoms with Crippen LogP contribution in [-0.4, -0.2) is 104 Å². The van der Waals surface area contributed by atoms with E-state index < -0.39 is 0 Å². The normalized spacial score (nSPS) is 10.7. The molecule has 6 heterocycles. The quantitative estimate of drug-likeness (QED) is 0.0194. The van der Waals surface area contributed by atoms with Crippen molar-refractivity contribution in [3.63, 3.8) is 0 Å². The molecule has 8 N–H and O–H groups in total. The summed E-state index contributed by atoms with van der Waals surface area (Å²) in [5.41, 5.74) is 24.3. The van der Waals surface area contributed by atoms with Crippen molar-refractivity contribution in [2.45, 2.75) is 125 Å². The van der Waals surface area contributed by atoms with Crippen LogP contribution < -0.4 is 0 Å². The van der Waals surface area contributed by atoms with Gasteiger partial charge in [0.15, 0.2) is 0 Å². The Bertz CT molecular complexity index is 6820. The Morgan fingerprint density at radius 1 is 0.274 bits per heavy atom. The lowest BCUT2D eigenvalue weighted by molar-refractivity contribution is -0.116. The molecule has 0 aliphatic carbocycles. The van der Waals surface area contributed by atoms with Gasteiger partial charge in [-0.2, -0.15) is 0 Å². The summed E-state index contributed by atoms with van der Waals surface area (Å²) in [5, 5.41) is 77.5. The average Bonchev–Trinajstić information content (AvgIpc) is 1.68. The van der Waals surface area contributed by atoms with Crippen LogP contribution in [0.3, 0.4) is 0 Å². The van der Waals surface area contributed by atoms with Gasteiger partial charge >= 0.3 is 0 Å². The predicted octanol–water partition coefficient (Wildman–Crippen LogP) is 23.3. The number of carbonyl (C=O) groups is 1. The van der Waals surface area contributed by atoms with Gasteiger partial charge in [0.25, 0.3) is 0 Å². The van der Waals surface area contributed by atoms with Crippen LogP contribution in [0.15, 0.2) is 379 Å². The molecule has 0 fully saturated rings. The lowest BCUT2D eigenvalue weighted by Gasteiger charge is -2.10. The molecular weight excluding hydrogens is 1680 g/mol. The summed E-state index contributed by atoms with van der Waals surface area (Å²) in [6.07, 6.45) is 18.6. The summed E-state index contributed by atoms with van der Waals surface area (Å²) >= 11 is 0. The Hall–Kier alpha value is -16.6. The first kappa shape index (κ1) is 96.0.